The maximum Gasteiger partial charge on any atom is 0.341 e. The molecule has 0 saturated heterocycles. The fourth-order valence-corrected chi connectivity index (χ4v) is 2.37. The second kappa shape index (κ2) is 7.04. The van der Waals surface area contributed by atoms with E-state index in [1.54, 1.807) is 12.1 Å². The van der Waals surface area contributed by atoms with Crippen molar-refractivity contribution in [3.63, 3.8) is 0 Å². The molecule has 2 aromatic carbocycles. The molecule has 0 fully saturated rings. The zero-order chi connectivity index (χ0) is 17.1. The van der Waals surface area contributed by atoms with Gasteiger partial charge < -0.3 is 9.47 Å². The largest absolute Gasteiger partial charge is 0.465 e. The number of nitro benzene ring substituents is 1. The smallest absolute Gasteiger partial charge is 0.341 e. The molecule has 0 spiro atoms. The molecule has 0 bridgehead atoms. The fourth-order valence-electron chi connectivity index (χ4n) is 1.73. The Bertz CT molecular complexity index is 794. The summed E-state index contributed by atoms with van der Waals surface area (Å²) in [5, 5.41) is 10.4. The Morgan fingerprint density at radius 2 is 1.74 bits per heavy atom. The number of hydrogen-bond acceptors (Lipinski definition) is 5. The van der Waals surface area contributed by atoms with E-state index >= 15 is 0 Å². The zero-order valence-electron chi connectivity index (χ0n) is 11.5. The Hall–Kier alpha value is -2.02. The monoisotopic (exact) mass is 375 g/mol. The Kier molecular flexibility index (Phi) is 5.30. The van der Waals surface area contributed by atoms with E-state index in [1.165, 1.54) is 19.2 Å². The molecule has 0 unspecified atom stereocenters. The summed E-state index contributed by atoms with van der Waals surface area (Å²) in [5.41, 5.74) is -0.341. The summed E-state index contributed by atoms with van der Waals surface area (Å²) in [6, 6.07) is 7.21. The molecular weight excluding hydrogens is 369 g/mol. The molecular formula is C14H8Cl3NO5. The van der Waals surface area contributed by atoms with Gasteiger partial charge in [0.25, 0.3) is 5.69 Å². The molecule has 0 aromatic heterocycles. The van der Waals surface area contributed by atoms with Gasteiger partial charge in [-0.05, 0) is 12.1 Å². The molecule has 0 radical (unpaired) electrons. The van der Waals surface area contributed by atoms with Crippen molar-refractivity contribution in [2.45, 2.75) is 0 Å². The number of nitrogens with zero attached hydrogens (tertiary/aromatic N) is 1. The lowest BCUT2D eigenvalue weighted by atomic mass is 10.2. The molecule has 0 aliphatic carbocycles. The summed E-state index contributed by atoms with van der Waals surface area (Å²) >= 11 is 17.7. The van der Waals surface area contributed by atoms with Crippen LogP contribution < -0.4 is 4.74 Å². The van der Waals surface area contributed by atoms with Crippen LogP contribution in [0.25, 0.3) is 0 Å². The van der Waals surface area contributed by atoms with Crippen molar-refractivity contribution in [1.82, 2.24) is 0 Å². The van der Waals surface area contributed by atoms with Gasteiger partial charge in [0.2, 0.25) is 0 Å². The second-order valence-electron chi connectivity index (χ2n) is 4.18. The summed E-state index contributed by atoms with van der Waals surface area (Å²) in [5.74, 6) is -0.635. The van der Waals surface area contributed by atoms with Crippen LogP contribution in [-0.4, -0.2) is 18.0 Å². The molecule has 9 heteroatoms. The quantitative estimate of drug-likeness (QED) is 0.320. The van der Waals surface area contributed by atoms with E-state index in [-0.39, 0.29) is 32.1 Å². The van der Waals surface area contributed by atoms with Gasteiger partial charge in [-0.2, -0.15) is 0 Å². The van der Waals surface area contributed by atoms with Gasteiger partial charge in [0.15, 0.2) is 5.75 Å². The molecule has 0 heterocycles. The molecule has 0 atom stereocenters. The van der Waals surface area contributed by atoms with Crippen LogP contribution >= 0.6 is 34.8 Å². The maximum atomic E-state index is 11.7. The highest BCUT2D eigenvalue weighted by molar-refractivity contribution is 6.49. The van der Waals surface area contributed by atoms with Crippen molar-refractivity contribution in [2.75, 3.05) is 7.11 Å². The molecule has 2 rings (SSSR count). The highest BCUT2D eigenvalue weighted by Gasteiger charge is 2.24. The van der Waals surface area contributed by atoms with Gasteiger partial charge in [0, 0.05) is 0 Å². The summed E-state index contributed by atoms with van der Waals surface area (Å²) in [6.07, 6.45) is 0. The average Bonchev–Trinajstić information content (AvgIpc) is 2.54. The number of esters is 1. The summed E-state index contributed by atoms with van der Waals surface area (Å²) in [6.45, 7) is 0. The Balaban J connectivity index is 2.54. The van der Waals surface area contributed by atoms with Crippen molar-refractivity contribution in [3.8, 4) is 11.5 Å². The lowest BCUT2D eigenvalue weighted by Crippen LogP contribution is -2.03. The fraction of sp³-hybridized carbons (Fsp3) is 0.0714. The lowest BCUT2D eigenvalue weighted by molar-refractivity contribution is -0.384. The molecule has 0 amide bonds. The third-order valence-electron chi connectivity index (χ3n) is 2.80. The third-order valence-corrected chi connectivity index (χ3v) is 4.13. The minimum Gasteiger partial charge on any atom is -0.465 e. The van der Waals surface area contributed by atoms with Crippen LogP contribution in [0.1, 0.15) is 10.4 Å². The number of carbonyl (C=O) groups is 1. The topological polar surface area (TPSA) is 78.7 Å². The molecule has 2 aromatic rings. The molecule has 23 heavy (non-hydrogen) atoms. The van der Waals surface area contributed by atoms with Gasteiger partial charge in [-0.15, -0.1) is 0 Å². The number of nitro groups is 1. The summed E-state index contributed by atoms with van der Waals surface area (Å²) in [7, 11) is 1.22. The Morgan fingerprint density at radius 3 is 2.35 bits per heavy atom. The van der Waals surface area contributed by atoms with E-state index in [0.29, 0.717) is 0 Å². The van der Waals surface area contributed by atoms with E-state index in [4.69, 9.17) is 39.5 Å². The first-order chi connectivity index (χ1) is 10.9. The zero-order valence-corrected chi connectivity index (χ0v) is 13.8. The van der Waals surface area contributed by atoms with Crippen LogP contribution in [-0.2, 0) is 4.74 Å². The van der Waals surface area contributed by atoms with E-state index in [2.05, 4.69) is 4.74 Å². The number of halogens is 3. The first-order valence-corrected chi connectivity index (χ1v) is 7.17. The van der Waals surface area contributed by atoms with Gasteiger partial charge in [-0.1, -0.05) is 46.9 Å². The molecule has 0 N–H and O–H groups in total. The second-order valence-corrected chi connectivity index (χ2v) is 5.32. The van der Waals surface area contributed by atoms with Crippen molar-refractivity contribution in [2.24, 2.45) is 0 Å². The highest BCUT2D eigenvalue weighted by atomic mass is 35.5. The summed E-state index contributed by atoms with van der Waals surface area (Å²) in [4.78, 5) is 22.0. The molecule has 0 saturated carbocycles. The number of ether oxygens (including phenoxy) is 2. The minimum atomic E-state index is -0.719. The number of benzene rings is 2. The van der Waals surface area contributed by atoms with Crippen molar-refractivity contribution >= 4 is 46.5 Å². The normalized spacial score (nSPS) is 10.3. The molecule has 0 aliphatic heterocycles. The van der Waals surface area contributed by atoms with E-state index in [1.807, 2.05) is 0 Å². The molecule has 0 aliphatic rings. The predicted octanol–water partition coefficient (Wildman–Crippen LogP) is 5.13. The lowest BCUT2D eigenvalue weighted by Gasteiger charge is -2.12. The van der Waals surface area contributed by atoms with Gasteiger partial charge in [-0.25, -0.2) is 4.79 Å². The van der Waals surface area contributed by atoms with Crippen molar-refractivity contribution in [1.29, 1.82) is 0 Å². The van der Waals surface area contributed by atoms with E-state index < -0.39 is 16.6 Å². The Labute approximate surface area is 145 Å². The third kappa shape index (κ3) is 3.50. The first kappa shape index (κ1) is 17.3. The van der Waals surface area contributed by atoms with Crippen LogP contribution in [0.3, 0.4) is 0 Å². The average molecular weight is 377 g/mol. The number of hydrogen-bond donors (Lipinski definition) is 0. The number of carbonyl (C=O) groups excluding carboxylic acids is 1. The van der Waals surface area contributed by atoms with E-state index in [0.717, 1.165) is 6.07 Å². The Morgan fingerprint density at radius 1 is 1.09 bits per heavy atom. The van der Waals surface area contributed by atoms with Crippen LogP contribution in [0.2, 0.25) is 15.1 Å². The number of para-hydroxylation sites is 1. The maximum absolute atomic E-state index is 11.7. The minimum absolute atomic E-state index is 0.105. The SMILES string of the molecule is COC(=O)c1ccccc1Oc1cc([N+](=O)[O-])c(Cl)c(Cl)c1Cl. The number of rotatable bonds is 4. The van der Waals surface area contributed by atoms with Gasteiger partial charge in [0.1, 0.15) is 21.4 Å². The van der Waals surface area contributed by atoms with Gasteiger partial charge >= 0.3 is 5.97 Å². The summed E-state index contributed by atoms with van der Waals surface area (Å²) < 4.78 is 10.2. The van der Waals surface area contributed by atoms with Gasteiger partial charge in [0.05, 0.1) is 23.1 Å². The van der Waals surface area contributed by atoms with Crippen molar-refractivity contribution < 1.29 is 19.2 Å². The molecule has 120 valence electrons. The predicted molar refractivity (Wildman–Crippen MR) is 86.0 cm³/mol. The standard InChI is InChI=1S/C14H8Cl3NO5/c1-22-14(19)7-4-2-3-5-9(7)23-10-6-8(18(20)21)11(15)13(17)12(10)16/h2-6H,1H3. The van der Waals surface area contributed by atoms with Crippen LogP contribution in [0.5, 0.6) is 11.5 Å². The van der Waals surface area contributed by atoms with Crippen molar-refractivity contribution in [3.05, 3.63) is 61.1 Å². The van der Waals surface area contributed by atoms with Crippen LogP contribution in [0, 0.1) is 10.1 Å². The van der Waals surface area contributed by atoms with Gasteiger partial charge in [-0.3, -0.25) is 10.1 Å². The molecule has 6 nitrogen and oxygen atoms in total. The first-order valence-electron chi connectivity index (χ1n) is 6.04. The highest BCUT2D eigenvalue weighted by Crippen LogP contribution is 2.44. The van der Waals surface area contributed by atoms with Crippen LogP contribution in [0.4, 0.5) is 5.69 Å². The number of methoxy groups -OCH3 is 1. The van der Waals surface area contributed by atoms with Crippen LogP contribution in [0.15, 0.2) is 30.3 Å². The van der Waals surface area contributed by atoms with E-state index in [9.17, 15) is 14.9 Å².